The van der Waals surface area contributed by atoms with E-state index in [9.17, 15) is 5.11 Å². The minimum Gasteiger partial charge on any atom is -0.388 e. The Balaban J connectivity index is 1.93. The number of aliphatic hydroxyl groups excluding tert-OH is 1. The van der Waals surface area contributed by atoms with Crippen molar-refractivity contribution < 1.29 is 5.11 Å². The molecular weight excluding hydrogens is 222 g/mol. The average Bonchev–Trinajstić information content (AvgIpc) is 2.40. The quantitative estimate of drug-likeness (QED) is 0.855. The van der Waals surface area contributed by atoms with E-state index in [2.05, 4.69) is 43.4 Å². The maximum Gasteiger partial charge on any atom is 0.0804 e. The first-order valence-corrected chi connectivity index (χ1v) is 7.18. The molecule has 0 saturated carbocycles. The summed E-state index contributed by atoms with van der Waals surface area (Å²) < 4.78 is 0. The number of hydrogen-bond donors (Lipinski definition) is 2. The van der Waals surface area contributed by atoms with Crippen molar-refractivity contribution in [3.63, 3.8) is 0 Å². The molecule has 1 heterocycles. The fourth-order valence-corrected chi connectivity index (χ4v) is 2.63. The molecule has 0 amide bonds. The molecule has 1 aliphatic rings. The molecule has 2 unspecified atom stereocenters. The fraction of sp³-hybridized carbons (Fsp3) is 0.625. The third-order valence-corrected chi connectivity index (χ3v) is 3.91. The Labute approximate surface area is 110 Å². The largest absolute Gasteiger partial charge is 0.388 e. The van der Waals surface area contributed by atoms with Crippen LogP contribution >= 0.6 is 0 Å². The molecule has 1 aromatic rings. The molecule has 1 aliphatic heterocycles. The summed E-state index contributed by atoms with van der Waals surface area (Å²) in [5, 5.41) is 13.8. The number of nitrogens with one attached hydrogen (secondary N) is 1. The maximum atomic E-state index is 10.3. The average molecular weight is 247 g/mol. The highest BCUT2D eigenvalue weighted by atomic mass is 16.3. The molecule has 2 heteroatoms. The highest BCUT2D eigenvalue weighted by molar-refractivity contribution is 5.26. The van der Waals surface area contributed by atoms with Gasteiger partial charge < -0.3 is 10.4 Å². The summed E-state index contributed by atoms with van der Waals surface area (Å²) in [6, 6.07) is 8.90. The van der Waals surface area contributed by atoms with E-state index in [0.29, 0.717) is 12.0 Å². The lowest BCUT2D eigenvalue weighted by Gasteiger charge is -2.25. The van der Waals surface area contributed by atoms with E-state index in [4.69, 9.17) is 0 Å². The van der Waals surface area contributed by atoms with Gasteiger partial charge in [-0.15, -0.1) is 0 Å². The molecule has 0 aliphatic carbocycles. The third kappa shape index (κ3) is 3.56. The summed E-state index contributed by atoms with van der Waals surface area (Å²) in [7, 11) is 0. The van der Waals surface area contributed by atoms with E-state index >= 15 is 0 Å². The van der Waals surface area contributed by atoms with Crippen molar-refractivity contribution in [3.8, 4) is 0 Å². The zero-order valence-electron chi connectivity index (χ0n) is 11.5. The Morgan fingerprint density at radius 2 is 1.83 bits per heavy atom. The molecule has 2 rings (SSSR count). The van der Waals surface area contributed by atoms with Crippen LogP contribution < -0.4 is 5.32 Å². The minimum atomic E-state index is -0.332. The molecule has 0 aromatic heterocycles. The summed E-state index contributed by atoms with van der Waals surface area (Å²) in [5.41, 5.74) is 2.38. The van der Waals surface area contributed by atoms with Gasteiger partial charge >= 0.3 is 0 Å². The first-order valence-electron chi connectivity index (χ1n) is 7.18. The van der Waals surface area contributed by atoms with Gasteiger partial charge in [0, 0.05) is 6.04 Å². The lowest BCUT2D eigenvalue weighted by molar-refractivity contribution is 0.144. The second-order valence-corrected chi connectivity index (χ2v) is 5.72. The standard InChI is InChI=1S/C16H25NO/c1-12(2)13-6-8-14(9-7-13)16(18)11-15-5-3-4-10-17-15/h6-9,12,15-18H,3-5,10-11H2,1-2H3. The first kappa shape index (κ1) is 13.6. The van der Waals surface area contributed by atoms with Gasteiger partial charge in [0.05, 0.1) is 6.10 Å². The Morgan fingerprint density at radius 1 is 1.17 bits per heavy atom. The smallest absolute Gasteiger partial charge is 0.0804 e. The zero-order chi connectivity index (χ0) is 13.0. The van der Waals surface area contributed by atoms with Gasteiger partial charge in [-0.2, -0.15) is 0 Å². The Kier molecular flexibility index (Phi) is 4.79. The van der Waals surface area contributed by atoms with Crippen molar-refractivity contribution in [1.82, 2.24) is 5.32 Å². The summed E-state index contributed by atoms with van der Waals surface area (Å²) >= 11 is 0. The van der Waals surface area contributed by atoms with Gasteiger partial charge in [0.25, 0.3) is 0 Å². The van der Waals surface area contributed by atoms with E-state index in [1.165, 1.54) is 24.8 Å². The van der Waals surface area contributed by atoms with Crippen molar-refractivity contribution >= 4 is 0 Å². The second kappa shape index (κ2) is 6.35. The van der Waals surface area contributed by atoms with E-state index in [-0.39, 0.29) is 6.10 Å². The van der Waals surface area contributed by atoms with Crippen LogP contribution in [0.4, 0.5) is 0 Å². The summed E-state index contributed by atoms with van der Waals surface area (Å²) in [5.74, 6) is 0.552. The van der Waals surface area contributed by atoms with Crippen LogP contribution in [0.25, 0.3) is 0 Å². The van der Waals surface area contributed by atoms with Gasteiger partial charge in [-0.3, -0.25) is 0 Å². The maximum absolute atomic E-state index is 10.3. The summed E-state index contributed by atoms with van der Waals surface area (Å²) in [6.07, 6.45) is 4.26. The second-order valence-electron chi connectivity index (χ2n) is 5.72. The van der Waals surface area contributed by atoms with Crippen LogP contribution in [-0.2, 0) is 0 Å². The Bertz CT molecular complexity index is 352. The molecule has 1 saturated heterocycles. The van der Waals surface area contributed by atoms with E-state index in [0.717, 1.165) is 18.5 Å². The molecule has 18 heavy (non-hydrogen) atoms. The van der Waals surface area contributed by atoms with Gasteiger partial charge in [0.2, 0.25) is 0 Å². The highest BCUT2D eigenvalue weighted by Crippen LogP contribution is 2.24. The van der Waals surface area contributed by atoms with Gasteiger partial charge in [-0.25, -0.2) is 0 Å². The normalized spacial score (nSPS) is 22.1. The van der Waals surface area contributed by atoms with Crippen LogP contribution in [0.2, 0.25) is 0 Å². The number of hydrogen-bond acceptors (Lipinski definition) is 2. The minimum absolute atomic E-state index is 0.332. The SMILES string of the molecule is CC(C)c1ccc(C(O)CC2CCCCN2)cc1. The lowest BCUT2D eigenvalue weighted by Crippen LogP contribution is -2.35. The van der Waals surface area contributed by atoms with Gasteiger partial charge in [-0.1, -0.05) is 44.5 Å². The molecule has 1 fully saturated rings. The van der Waals surface area contributed by atoms with Crippen LogP contribution in [0.3, 0.4) is 0 Å². The van der Waals surface area contributed by atoms with E-state index in [1.807, 2.05) is 0 Å². The van der Waals surface area contributed by atoms with Gasteiger partial charge in [0.15, 0.2) is 0 Å². The van der Waals surface area contributed by atoms with Crippen LogP contribution in [0.15, 0.2) is 24.3 Å². The third-order valence-electron chi connectivity index (χ3n) is 3.91. The number of rotatable bonds is 4. The van der Waals surface area contributed by atoms with Crippen LogP contribution in [0.5, 0.6) is 0 Å². The fourth-order valence-electron chi connectivity index (χ4n) is 2.63. The molecule has 0 bridgehead atoms. The summed E-state index contributed by atoms with van der Waals surface area (Å²) in [4.78, 5) is 0. The lowest BCUT2D eigenvalue weighted by atomic mass is 9.94. The van der Waals surface area contributed by atoms with Crippen molar-refractivity contribution in [2.45, 2.75) is 57.6 Å². The number of aliphatic hydroxyl groups is 1. The van der Waals surface area contributed by atoms with Crippen LogP contribution in [0.1, 0.15) is 62.7 Å². The molecule has 1 aromatic carbocycles. The molecule has 2 nitrogen and oxygen atoms in total. The number of benzene rings is 1. The van der Waals surface area contributed by atoms with Crippen molar-refractivity contribution in [3.05, 3.63) is 35.4 Å². The molecule has 100 valence electrons. The molecular formula is C16H25NO. The Hall–Kier alpha value is -0.860. The van der Waals surface area contributed by atoms with Gasteiger partial charge in [0.1, 0.15) is 0 Å². The van der Waals surface area contributed by atoms with Crippen molar-refractivity contribution in [1.29, 1.82) is 0 Å². The highest BCUT2D eigenvalue weighted by Gasteiger charge is 2.17. The van der Waals surface area contributed by atoms with Crippen LogP contribution in [-0.4, -0.2) is 17.7 Å². The predicted octanol–water partition coefficient (Wildman–Crippen LogP) is 3.38. The first-order chi connectivity index (χ1) is 8.66. The zero-order valence-corrected chi connectivity index (χ0v) is 11.5. The van der Waals surface area contributed by atoms with Crippen molar-refractivity contribution in [2.75, 3.05) is 6.54 Å². The molecule has 2 N–H and O–H groups in total. The molecule has 0 radical (unpaired) electrons. The molecule has 0 spiro atoms. The van der Waals surface area contributed by atoms with E-state index in [1.54, 1.807) is 0 Å². The topological polar surface area (TPSA) is 32.3 Å². The monoisotopic (exact) mass is 247 g/mol. The van der Waals surface area contributed by atoms with Crippen LogP contribution in [0, 0.1) is 0 Å². The van der Waals surface area contributed by atoms with Crippen molar-refractivity contribution in [2.24, 2.45) is 0 Å². The summed E-state index contributed by atoms with van der Waals surface area (Å²) in [6.45, 7) is 5.48. The molecule has 2 atom stereocenters. The Morgan fingerprint density at radius 3 is 2.39 bits per heavy atom. The predicted molar refractivity (Wildman–Crippen MR) is 75.7 cm³/mol. The van der Waals surface area contributed by atoms with Gasteiger partial charge in [-0.05, 0) is 42.9 Å². The number of piperidine rings is 1. The van der Waals surface area contributed by atoms with E-state index < -0.39 is 0 Å².